The van der Waals surface area contributed by atoms with Crippen LogP contribution in [-0.4, -0.2) is 22.4 Å². The molecule has 3 heterocycles. The zero-order chi connectivity index (χ0) is 17.6. The fraction of sp³-hybridized carbons (Fsp3) is 0.294. The maximum absolute atomic E-state index is 12.6. The van der Waals surface area contributed by atoms with Gasteiger partial charge in [-0.1, -0.05) is 29.3 Å². The van der Waals surface area contributed by atoms with Gasteiger partial charge in [-0.05, 0) is 30.2 Å². The predicted molar refractivity (Wildman–Crippen MR) is 107 cm³/mol. The topological polar surface area (TPSA) is 57.8 Å². The minimum absolute atomic E-state index is 0.0731. The number of thioether (sulfide) groups is 1. The van der Waals surface area contributed by atoms with Crippen LogP contribution in [0.15, 0.2) is 23.0 Å². The molecule has 1 unspecified atom stereocenters. The third kappa shape index (κ3) is 3.34. The first-order chi connectivity index (χ1) is 12.0. The third-order valence-corrected chi connectivity index (χ3v) is 7.61. The molecule has 0 aliphatic carbocycles. The van der Waals surface area contributed by atoms with Gasteiger partial charge in [0, 0.05) is 23.7 Å². The van der Waals surface area contributed by atoms with E-state index in [0.29, 0.717) is 32.9 Å². The van der Waals surface area contributed by atoms with Gasteiger partial charge in [-0.25, -0.2) is 4.98 Å². The highest BCUT2D eigenvalue weighted by atomic mass is 35.5. The van der Waals surface area contributed by atoms with E-state index in [0.717, 1.165) is 28.4 Å². The van der Waals surface area contributed by atoms with E-state index in [1.54, 1.807) is 23.5 Å². The predicted octanol–water partition coefficient (Wildman–Crippen LogP) is 4.53. The van der Waals surface area contributed by atoms with Gasteiger partial charge in [0.05, 0.1) is 20.7 Å². The van der Waals surface area contributed by atoms with Gasteiger partial charge in [0.15, 0.2) is 0 Å². The molecule has 0 amide bonds. The third-order valence-electron chi connectivity index (χ3n) is 4.25. The van der Waals surface area contributed by atoms with E-state index >= 15 is 0 Å². The van der Waals surface area contributed by atoms with Crippen molar-refractivity contribution in [3.05, 3.63) is 60.4 Å². The molecule has 1 saturated heterocycles. The summed E-state index contributed by atoms with van der Waals surface area (Å²) in [6, 6.07) is 5.46. The molecule has 2 aromatic heterocycles. The number of nitrogens with one attached hydrogen (secondary N) is 2. The Bertz CT molecular complexity index is 1010. The van der Waals surface area contributed by atoms with Crippen LogP contribution in [0.25, 0.3) is 10.2 Å². The minimum atomic E-state index is -0.0731. The van der Waals surface area contributed by atoms with Crippen LogP contribution in [0, 0.1) is 6.92 Å². The molecule has 2 N–H and O–H groups in total. The lowest BCUT2D eigenvalue weighted by molar-refractivity contribution is 0.812. The molecule has 8 heteroatoms. The summed E-state index contributed by atoms with van der Waals surface area (Å²) in [7, 11) is 0. The molecule has 1 atom stereocenters. The van der Waals surface area contributed by atoms with Crippen molar-refractivity contribution >= 4 is 56.5 Å². The Balaban J connectivity index is 1.73. The number of halogens is 2. The average molecular weight is 412 g/mol. The summed E-state index contributed by atoms with van der Waals surface area (Å²) in [5.41, 5.74) is 1.94. The summed E-state index contributed by atoms with van der Waals surface area (Å²) < 4.78 is 0. The number of hydrogen-bond donors (Lipinski definition) is 2. The minimum Gasteiger partial charge on any atom is -0.310 e. The zero-order valence-electron chi connectivity index (χ0n) is 13.4. The van der Waals surface area contributed by atoms with E-state index in [4.69, 9.17) is 28.2 Å². The van der Waals surface area contributed by atoms with Gasteiger partial charge in [-0.15, -0.1) is 23.1 Å². The monoisotopic (exact) mass is 411 g/mol. The molecule has 1 aliphatic heterocycles. The fourth-order valence-electron chi connectivity index (χ4n) is 3.02. The smallest absolute Gasteiger partial charge is 0.259 e. The molecular formula is C17H15Cl2N3OS2. The molecule has 1 aromatic carbocycles. The van der Waals surface area contributed by atoms with Crippen LogP contribution < -0.4 is 10.9 Å². The van der Waals surface area contributed by atoms with Crippen LogP contribution in [0.1, 0.15) is 27.1 Å². The SMILES string of the molecule is Cc1c(C2CNCS2)sc2nc(Cc3ccc(Cl)c(Cl)c3)[nH]c(=O)c12. The lowest BCUT2D eigenvalue weighted by atomic mass is 10.1. The summed E-state index contributed by atoms with van der Waals surface area (Å²) in [6.45, 7) is 2.95. The van der Waals surface area contributed by atoms with Crippen molar-refractivity contribution in [3.8, 4) is 0 Å². The van der Waals surface area contributed by atoms with Crippen LogP contribution in [0.4, 0.5) is 0 Å². The van der Waals surface area contributed by atoms with Crippen molar-refractivity contribution in [2.75, 3.05) is 12.4 Å². The highest BCUT2D eigenvalue weighted by Gasteiger charge is 2.24. The van der Waals surface area contributed by atoms with Crippen LogP contribution in [0.5, 0.6) is 0 Å². The summed E-state index contributed by atoms with van der Waals surface area (Å²) in [5.74, 6) is 1.59. The second-order valence-corrected chi connectivity index (χ2v) is 9.00. The van der Waals surface area contributed by atoms with Crippen molar-refractivity contribution < 1.29 is 0 Å². The number of aryl methyl sites for hydroxylation is 1. The first-order valence-electron chi connectivity index (χ1n) is 7.81. The Hall–Kier alpha value is -1.05. The van der Waals surface area contributed by atoms with Crippen molar-refractivity contribution in [1.82, 2.24) is 15.3 Å². The van der Waals surface area contributed by atoms with Gasteiger partial charge in [0.1, 0.15) is 10.7 Å². The number of benzene rings is 1. The van der Waals surface area contributed by atoms with E-state index in [1.165, 1.54) is 4.88 Å². The Labute approximate surface area is 163 Å². The molecule has 0 bridgehead atoms. The lowest BCUT2D eigenvalue weighted by Gasteiger charge is -2.05. The maximum Gasteiger partial charge on any atom is 0.259 e. The number of thiophene rings is 1. The molecule has 130 valence electrons. The molecule has 0 spiro atoms. The van der Waals surface area contributed by atoms with E-state index in [1.807, 2.05) is 24.8 Å². The summed E-state index contributed by atoms with van der Waals surface area (Å²) in [6.07, 6.45) is 0.508. The second kappa shape index (κ2) is 6.93. The van der Waals surface area contributed by atoms with Gasteiger partial charge >= 0.3 is 0 Å². The van der Waals surface area contributed by atoms with E-state index in [2.05, 4.69) is 10.3 Å². The van der Waals surface area contributed by atoms with E-state index < -0.39 is 0 Å². The molecule has 4 nitrogen and oxygen atoms in total. The number of nitrogens with zero attached hydrogens (tertiary/aromatic N) is 1. The standard InChI is InChI=1S/C17H15Cl2N3OS2/c1-8-14-16(23)21-13(5-9-2-3-10(18)11(19)4-9)22-17(14)25-15(8)12-6-20-7-24-12/h2-4,12,20H,5-7H2,1H3,(H,21,22,23). The Morgan fingerprint density at radius 1 is 1.32 bits per heavy atom. The van der Waals surface area contributed by atoms with Crippen LogP contribution >= 0.6 is 46.3 Å². The van der Waals surface area contributed by atoms with Gasteiger partial charge in [0.25, 0.3) is 5.56 Å². The lowest BCUT2D eigenvalue weighted by Crippen LogP contribution is -2.12. The van der Waals surface area contributed by atoms with Crippen LogP contribution in [0.3, 0.4) is 0 Å². The van der Waals surface area contributed by atoms with E-state index in [9.17, 15) is 4.79 Å². The molecule has 0 saturated carbocycles. The molecule has 1 aliphatic rings. The van der Waals surface area contributed by atoms with Crippen LogP contribution in [-0.2, 0) is 6.42 Å². The number of hydrogen-bond acceptors (Lipinski definition) is 5. The first-order valence-corrected chi connectivity index (χ1v) is 10.4. The van der Waals surface area contributed by atoms with Crippen LogP contribution in [0.2, 0.25) is 10.0 Å². The fourth-order valence-corrected chi connectivity index (χ4v) is 5.87. The van der Waals surface area contributed by atoms with Gasteiger partial charge < -0.3 is 10.3 Å². The normalized spacial score (nSPS) is 17.5. The Morgan fingerprint density at radius 2 is 2.16 bits per heavy atom. The molecular weight excluding hydrogens is 397 g/mol. The van der Waals surface area contributed by atoms with Gasteiger partial charge in [-0.2, -0.15) is 0 Å². The van der Waals surface area contributed by atoms with Crippen molar-refractivity contribution in [2.45, 2.75) is 18.6 Å². The number of aromatic amines is 1. The highest BCUT2D eigenvalue weighted by Crippen LogP contribution is 2.40. The number of fused-ring (bicyclic) bond motifs is 1. The number of H-pyrrole nitrogens is 1. The Morgan fingerprint density at radius 3 is 2.88 bits per heavy atom. The molecule has 4 rings (SSSR count). The molecule has 3 aromatic rings. The summed E-state index contributed by atoms with van der Waals surface area (Å²) in [4.78, 5) is 22.3. The first kappa shape index (κ1) is 17.4. The Kier molecular flexibility index (Phi) is 4.81. The molecule has 1 fully saturated rings. The summed E-state index contributed by atoms with van der Waals surface area (Å²) >= 11 is 15.5. The highest BCUT2D eigenvalue weighted by molar-refractivity contribution is 7.99. The number of aromatic nitrogens is 2. The van der Waals surface area contributed by atoms with Crippen molar-refractivity contribution in [2.24, 2.45) is 0 Å². The summed E-state index contributed by atoms with van der Waals surface area (Å²) in [5, 5.41) is 5.48. The number of rotatable bonds is 3. The van der Waals surface area contributed by atoms with Gasteiger partial charge in [-0.3, -0.25) is 4.79 Å². The van der Waals surface area contributed by atoms with Crippen molar-refractivity contribution in [3.63, 3.8) is 0 Å². The zero-order valence-corrected chi connectivity index (χ0v) is 16.5. The molecule has 0 radical (unpaired) electrons. The largest absolute Gasteiger partial charge is 0.310 e. The van der Waals surface area contributed by atoms with Crippen molar-refractivity contribution in [1.29, 1.82) is 0 Å². The van der Waals surface area contributed by atoms with Gasteiger partial charge in [0.2, 0.25) is 0 Å². The second-order valence-electron chi connectivity index (χ2n) is 5.96. The average Bonchev–Trinajstić information content (AvgIpc) is 3.19. The molecule has 25 heavy (non-hydrogen) atoms. The quantitative estimate of drug-likeness (QED) is 0.664. The van der Waals surface area contributed by atoms with E-state index in [-0.39, 0.29) is 5.56 Å². The maximum atomic E-state index is 12.6.